The van der Waals surface area contributed by atoms with Gasteiger partial charge in [0.15, 0.2) is 0 Å². The third kappa shape index (κ3) is 4.01. The number of aromatic nitrogens is 2. The lowest BCUT2D eigenvalue weighted by molar-refractivity contribution is 0.299. The number of H-pyrrole nitrogens is 1. The highest BCUT2D eigenvalue weighted by Gasteiger charge is 2.08. The normalized spacial score (nSPS) is 11.3. The summed E-state index contributed by atoms with van der Waals surface area (Å²) < 4.78 is 20.3. The molecule has 0 aliphatic rings. The maximum atomic E-state index is 13.8. The maximum absolute atomic E-state index is 13.8. The molecule has 3 aromatic carbocycles. The van der Waals surface area contributed by atoms with Crippen molar-refractivity contribution in [3.8, 4) is 5.75 Å². The van der Waals surface area contributed by atoms with Crippen LogP contribution in [0.4, 0.5) is 4.39 Å². The van der Waals surface area contributed by atoms with E-state index in [0.717, 1.165) is 4.68 Å². The van der Waals surface area contributed by atoms with Gasteiger partial charge in [-0.15, -0.1) is 4.68 Å². The lowest BCUT2D eigenvalue weighted by Gasteiger charge is -2.10. The zero-order valence-electron chi connectivity index (χ0n) is 15.5. The van der Waals surface area contributed by atoms with Crippen LogP contribution in [0.1, 0.15) is 11.1 Å². The van der Waals surface area contributed by atoms with Crippen LogP contribution in [0.3, 0.4) is 0 Å². The molecule has 6 nitrogen and oxygen atoms in total. The van der Waals surface area contributed by atoms with E-state index in [1.54, 1.807) is 60.7 Å². The van der Waals surface area contributed by atoms with Crippen molar-refractivity contribution in [1.82, 2.24) is 9.66 Å². The van der Waals surface area contributed by atoms with Crippen LogP contribution in [0, 0.1) is 5.82 Å². The van der Waals surface area contributed by atoms with Gasteiger partial charge < -0.3 is 9.72 Å². The van der Waals surface area contributed by atoms with Gasteiger partial charge >= 0.3 is 5.69 Å². The summed E-state index contributed by atoms with van der Waals surface area (Å²) in [6.07, 6.45) is 1.30. The van der Waals surface area contributed by atoms with Crippen molar-refractivity contribution in [3.05, 3.63) is 110 Å². The first kappa shape index (κ1) is 19.6. The molecular formula is C22H15ClFN3O3. The zero-order valence-corrected chi connectivity index (χ0v) is 16.3. The smallest absolute Gasteiger partial charge is 0.349 e. The van der Waals surface area contributed by atoms with Crippen LogP contribution in [-0.2, 0) is 6.61 Å². The monoisotopic (exact) mass is 423 g/mol. The molecule has 1 aromatic heterocycles. The van der Waals surface area contributed by atoms with Crippen LogP contribution in [0.25, 0.3) is 10.9 Å². The van der Waals surface area contributed by atoms with Crippen molar-refractivity contribution in [2.75, 3.05) is 0 Å². The summed E-state index contributed by atoms with van der Waals surface area (Å²) in [6, 6.07) is 17.7. The second-order valence-electron chi connectivity index (χ2n) is 6.40. The Morgan fingerprint density at radius 3 is 2.67 bits per heavy atom. The number of hydrogen-bond donors (Lipinski definition) is 1. The number of para-hydroxylation sites is 1. The second kappa shape index (κ2) is 8.34. The largest absolute Gasteiger partial charge is 0.488 e. The van der Waals surface area contributed by atoms with E-state index in [0.29, 0.717) is 32.8 Å². The SMILES string of the molecule is O=c1[nH]c2ccccc2c(=O)n1N=Cc1cc(Cl)ccc1OCc1ccccc1F. The van der Waals surface area contributed by atoms with E-state index >= 15 is 0 Å². The van der Waals surface area contributed by atoms with Crippen molar-refractivity contribution in [2.24, 2.45) is 5.10 Å². The summed E-state index contributed by atoms with van der Waals surface area (Å²) in [4.78, 5) is 27.5. The third-order valence-electron chi connectivity index (χ3n) is 4.41. The Bertz CT molecular complexity index is 1380. The number of ether oxygens (including phenoxy) is 1. The zero-order chi connectivity index (χ0) is 21.1. The molecule has 4 rings (SSSR count). The first-order valence-corrected chi connectivity index (χ1v) is 9.35. The van der Waals surface area contributed by atoms with Gasteiger partial charge in [0.05, 0.1) is 17.1 Å². The summed E-state index contributed by atoms with van der Waals surface area (Å²) in [5.74, 6) is -0.00685. The lowest BCUT2D eigenvalue weighted by Crippen LogP contribution is -2.32. The summed E-state index contributed by atoms with van der Waals surface area (Å²) in [5, 5.41) is 4.76. The minimum atomic E-state index is -0.675. The molecule has 0 saturated heterocycles. The highest BCUT2D eigenvalue weighted by atomic mass is 35.5. The number of aromatic amines is 1. The summed E-state index contributed by atoms with van der Waals surface area (Å²) in [7, 11) is 0. The molecule has 1 heterocycles. The molecule has 30 heavy (non-hydrogen) atoms. The van der Waals surface area contributed by atoms with E-state index in [9.17, 15) is 14.0 Å². The predicted molar refractivity (Wildman–Crippen MR) is 114 cm³/mol. The molecule has 0 aliphatic carbocycles. The Morgan fingerprint density at radius 2 is 1.83 bits per heavy atom. The molecule has 0 aliphatic heterocycles. The van der Waals surface area contributed by atoms with Crippen molar-refractivity contribution < 1.29 is 9.13 Å². The number of halogens is 2. The number of nitrogens with zero attached hydrogens (tertiary/aromatic N) is 2. The van der Waals surface area contributed by atoms with Crippen molar-refractivity contribution >= 4 is 28.7 Å². The minimum absolute atomic E-state index is 0.00828. The number of benzene rings is 3. The standard InChI is InChI=1S/C22H15ClFN3O3/c23-16-9-10-20(30-13-14-5-1-3-7-18(14)24)15(11-16)12-25-27-21(28)17-6-2-4-8-19(17)26-22(27)29/h1-12H,13H2,(H,26,29). The molecular weight excluding hydrogens is 409 g/mol. The van der Waals surface area contributed by atoms with Gasteiger partial charge in [-0.3, -0.25) is 4.79 Å². The van der Waals surface area contributed by atoms with E-state index in [1.807, 2.05) is 0 Å². The van der Waals surface area contributed by atoms with Crippen LogP contribution in [0.2, 0.25) is 5.02 Å². The van der Waals surface area contributed by atoms with Crippen LogP contribution in [-0.4, -0.2) is 15.9 Å². The third-order valence-corrected chi connectivity index (χ3v) is 4.64. The van der Waals surface area contributed by atoms with E-state index in [-0.39, 0.29) is 12.4 Å². The molecule has 4 aromatic rings. The molecule has 0 saturated carbocycles. The summed E-state index contributed by atoms with van der Waals surface area (Å²) in [6.45, 7) is -0.00828. The first-order valence-electron chi connectivity index (χ1n) is 8.97. The molecule has 150 valence electrons. The Labute approximate surface area is 174 Å². The van der Waals surface area contributed by atoms with Gasteiger partial charge in [-0.1, -0.05) is 41.9 Å². The van der Waals surface area contributed by atoms with E-state index in [1.165, 1.54) is 12.3 Å². The van der Waals surface area contributed by atoms with Gasteiger partial charge in [-0.05, 0) is 36.4 Å². The second-order valence-corrected chi connectivity index (χ2v) is 6.84. The maximum Gasteiger partial charge on any atom is 0.349 e. The van der Waals surface area contributed by atoms with Gasteiger partial charge in [0, 0.05) is 16.1 Å². The van der Waals surface area contributed by atoms with Gasteiger partial charge in [0.25, 0.3) is 5.56 Å². The molecule has 0 amide bonds. The fourth-order valence-corrected chi connectivity index (χ4v) is 3.08. The quantitative estimate of drug-likeness (QED) is 0.494. The molecule has 0 atom stereocenters. The van der Waals surface area contributed by atoms with E-state index in [4.69, 9.17) is 16.3 Å². The Morgan fingerprint density at radius 1 is 1.07 bits per heavy atom. The van der Waals surface area contributed by atoms with E-state index < -0.39 is 11.2 Å². The van der Waals surface area contributed by atoms with Crippen molar-refractivity contribution in [2.45, 2.75) is 6.61 Å². The Hall–Kier alpha value is -3.71. The van der Waals surface area contributed by atoms with Crippen LogP contribution in [0.5, 0.6) is 5.75 Å². The average Bonchev–Trinajstić information content (AvgIpc) is 2.74. The first-order chi connectivity index (χ1) is 14.5. The summed E-state index contributed by atoms with van der Waals surface area (Å²) >= 11 is 6.07. The van der Waals surface area contributed by atoms with Crippen molar-refractivity contribution in [1.29, 1.82) is 0 Å². The molecule has 0 spiro atoms. The highest BCUT2D eigenvalue weighted by molar-refractivity contribution is 6.30. The average molecular weight is 424 g/mol. The molecule has 8 heteroatoms. The Kier molecular flexibility index (Phi) is 5.45. The van der Waals surface area contributed by atoms with Gasteiger partial charge in [0.1, 0.15) is 18.2 Å². The minimum Gasteiger partial charge on any atom is -0.488 e. The number of nitrogens with one attached hydrogen (secondary N) is 1. The molecule has 1 N–H and O–H groups in total. The lowest BCUT2D eigenvalue weighted by atomic mass is 10.2. The van der Waals surface area contributed by atoms with Crippen molar-refractivity contribution in [3.63, 3.8) is 0 Å². The number of fused-ring (bicyclic) bond motifs is 1. The van der Waals surface area contributed by atoms with Crippen LogP contribution >= 0.6 is 11.6 Å². The van der Waals surface area contributed by atoms with Gasteiger partial charge in [-0.25, -0.2) is 9.18 Å². The van der Waals surface area contributed by atoms with Crippen LogP contribution < -0.4 is 16.0 Å². The molecule has 0 bridgehead atoms. The number of rotatable bonds is 5. The topological polar surface area (TPSA) is 76.5 Å². The molecule has 0 radical (unpaired) electrons. The molecule has 0 fully saturated rings. The number of hydrogen-bond acceptors (Lipinski definition) is 4. The van der Waals surface area contributed by atoms with Gasteiger partial charge in [-0.2, -0.15) is 5.10 Å². The Balaban J connectivity index is 1.68. The highest BCUT2D eigenvalue weighted by Crippen LogP contribution is 2.23. The summed E-state index contributed by atoms with van der Waals surface area (Å²) in [5.41, 5.74) is 0.0127. The fourth-order valence-electron chi connectivity index (χ4n) is 2.90. The predicted octanol–water partition coefficient (Wildman–Crippen LogP) is 3.94. The van der Waals surface area contributed by atoms with E-state index in [2.05, 4.69) is 10.1 Å². The fraction of sp³-hybridized carbons (Fsp3) is 0.0455. The molecule has 0 unspecified atom stereocenters. The van der Waals surface area contributed by atoms with Gasteiger partial charge in [0.2, 0.25) is 0 Å². The van der Waals surface area contributed by atoms with Crippen LogP contribution in [0.15, 0.2) is 81.4 Å².